The number of aromatic nitrogens is 2. The van der Waals surface area contributed by atoms with Crippen LogP contribution in [0.25, 0.3) is 0 Å². The van der Waals surface area contributed by atoms with Crippen LogP contribution in [0.15, 0.2) is 24.0 Å². The van der Waals surface area contributed by atoms with Crippen LogP contribution in [-0.4, -0.2) is 47.0 Å². The lowest BCUT2D eigenvalue weighted by molar-refractivity contribution is -0.127. The molecular formula is C23H31N5O. The van der Waals surface area contributed by atoms with E-state index in [1.807, 2.05) is 12.1 Å². The van der Waals surface area contributed by atoms with E-state index >= 15 is 0 Å². The number of allylic oxidation sites excluding steroid dienone is 1. The molecule has 1 atom stereocenters. The zero-order valence-corrected chi connectivity index (χ0v) is 17.4. The molecule has 2 aliphatic heterocycles. The van der Waals surface area contributed by atoms with Crippen molar-refractivity contribution in [2.24, 2.45) is 17.8 Å². The molecule has 0 radical (unpaired) electrons. The highest BCUT2D eigenvalue weighted by molar-refractivity contribution is 5.88. The van der Waals surface area contributed by atoms with Crippen molar-refractivity contribution in [3.8, 4) is 6.07 Å². The lowest BCUT2D eigenvalue weighted by Gasteiger charge is -2.35. The summed E-state index contributed by atoms with van der Waals surface area (Å²) in [6.07, 6.45) is 13.5. The fraction of sp³-hybridized carbons (Fsp3) is 0.652. The number of hydrogen-bond donors (Lipinski definition) is 0. The van der Waals surface area contributed by atoms with E-state index in [2.05, 4.69) is 26.7 Å². The number of amides is 1. The molecule has 2 saturated heterocycles. The molecule has 154 valence electrons. The Kier molecular flexibility index (Phi) is 6.13. The number of hydrogen-bond acceptors (Lipinski definition) is 5. The van der Waals surface area contributed by atoms with Crippen molar-refractivity contribution in [2.75, 3.05) is 31.1 Å². The van der Waals surface area contributed by atoms with Crippen molar-refractivity contribution in [3.63, 3.8) is 0 Å². The zero-order valence-electron chi connectivity index (χ0n) is 17.4. The quantitative estimate of drug-likeness (QED) is 0.732. The van der Waals surface area contributed by atoms with E-state index in [4.69, 9.17) is 5.26 Å². The lowest BCUT2D eigenvalue weighted by atomic mass is 9.80. The molecule has 0 bridgehead atoms. The Morgan fingerprint density at radius 2 is 1.76 bits per heavy atom. The topological polar surface area (TPSA) is 73.1 Å². The van der Waals surface area contributed by atoms with Gasteiger partial charge in [0.2, 0.25) is 5.91 Å². The number of nitriles is 1. The van der Waals surface area contributed by atoms with Gasteiger partial charge in [-0.2, -0.15) is 5.26 Å². The summed E-state index contributed by atoms with van der Waals surface area (Å²) in [5.74, 6) is 3.22. The normalized spacial score (nSPS) is 24.1. The maximum Gasteiger partial charge on any atom is 0.246 e. The summed E-state index contributed by atoms with van der Waals surface area (Å²) >= 11 is 0. The number of piperidine rings is 1. The first-order valence-electron chi connectivity index (χ1n) is 11.1. The number of carbonyl (C=O) groups is 1. The van der Waals surface area contributed by atoms with Crippen LogP contribution < -0.4 is 4.90 Å². The second-order valence-electron chi connectivity index (χ2n) is 8.88. The molecule has 1 aromatic heterocycles. The highest BCUT2D eigenvalue weighted by atomic mass is 16.2. The Balaban J connectivity index is 1.27. The molecule has 1 amide bonds. The lowest BCUT2D eigenvalue weighted by Crippen LogP contribution is -2.39. The second kappa shape index (κ2) is 8.94. The van der Waals surface area contributed by atoms with Gasteiger partial charge >= 0.3 is 0 Å². The Morgan fingerprint density at radius 1 is 1.03 bits per heavy atom. The summed E-state index contributed by atoms with van der Waals surface area (Å²) in [5, 5.41) is 8.89. The van der Waals surface area contributed by atoms with Crippen LogP contribution in [-0.2, 0) is 4.79 Å². The van der Waals surface area contributed by atoms with Gasteiger partial charge in [-0.3, -0.25) is 4.79 Å². The van der Waals surface area contributed by atoms with Gasteiger partial charge in [-0.05, 0) is 69.6 Å². The predicted octanol–water partition coefficient (Wildman–Crippen LogP) is 3.55. The highest BCUT2D eigenvalue weighted by Gasteiger charge is 2.30. The molecule has 4 rings (SSSR count). The molecule has 0 aromatic carbocycles. The van der Waals surface area contributed by atoms with E-state index in [0.717, 1.165) is 63.1 Å². The van der Waals surface area contributed by atoms with Crippen molar-refractivity contribution < 1.29 is 4.79 Å². The maximum absolute atomic E-state index is 12.5. The monoisotopic (exact) mass is 393 g/mol. The molecule has 0 N–H and O–H groups in total. The third kappa shape index (κ3) is 4.95. The summed E-state index contributed by atoms with van der Waals surface area (Å²) in [4.78, 5) is 25.5. The zero-order chi connectivity index (χ0) is 20.2. The van der Waals surface area contributed by atoms with Gasteiger partial charge in [-0.15, -0.1) is 0 Å². The molecule has 0 spiro atoms. The third-order valence-electron chi connectivity index (χ3n) is 6.94. The van der Waals surface area contributed by atoms with Crippen LogP contribution >= 0.6 is 0 Å². The summed E-state index contributed by atoms with van der Waals surface area (Å²) in [7, 11) is 0. The molecule has 1 aromatic rings. The van der Waals surface area contributed by atoms with Gasteiger partial charge in [0.15, 0.2) is 5.69 Å². The third-order valence-corrected chi connectivity index (χ3v) is 6.94. The van der Waals surface area contributed by atoms with Gasteiger partial charge in [0.25, 0.3) is 0 Å². The van der Waals surface area contributed by atoms with E-state index in [0.29, 0.717) is 11.6 Å². The molecule has 1 aliphatic carbocycles. The molecule has 3 heterocycles. The van der Waals surface area contributed by atoms with Crippen molar-refractivity contribution >= 4 is 11.7 Å². The van der Waals surface area contributed by atoms with Crippen molar-refractivity contribution in [3.05, 3.63) is 29.7 Å². The fourth-order valence-corrected chi connectivity index (χ4v) is 4.90. The van der Waals surface area contributed by atoms with Gasteiger partial charge in [0, 0.05) is 32.3 Å². The van der Waals surface area contributed by atoms with Crippen molar-refractivity contribution in [1.82, 2.24) is 14.9 Å². The molecule has 6 heteroatoms. The van der Waals surface area contributed by atoms with Gasteiger partial charge in [-0.1, -0.05) is 5.57 Å². The smallest absolute Gasteiger partial charge is 0.246 e. The summed E-state index contributed by atoms with van der Waals surface area (Å²) in [6, 6.07) is 2.03. The largest absolute Gasteiger partial charge is 0.355 e. The van der Waals surface area contributed by atoms with E-state index in [9.17, 15) is 4.79 Å². The first kappa shape index (κ1) is 19.9. The van der Waals surface area contributed by atoms with Gasteiger partial charge in [0.05, 0.1) is 12.4 Å². The van der Waals surface area contributed by atoms with E-state index < -0.39 is 0 Å². The van der Waals surface area contributed by atoms with E-state index in [-0.39, 0.29) is 5.91 Å². The summed E-state index contributed by atoms with van der Waals surface area (Å²) < 4.78 is 0. The molecule has 3 fully saturated rings. The Bertz CT molecular complexity index is 784. The molecule has 1 saturated carbocycles. The number of rotatable bonds is 4. The molecule has 29 heavy (non-hydrogen) atoms. The van der Waals surface area contributed by atoms with E-state index in [1.165, 1.54) is 31.3 Å². The van der Waals surface area contributed by atoms with Crippen LogP contribution in [0.4, 0.5) is 5.82 Å². The second-order valence-corrected chi connectivity index (χ2v) is 8.88. The molecule has 6 nitrogen and oxygen atoms in total. The first-order valence-corrected chi connectivity index (χ1v) is 11.1. The van der Waals surface area contributed by atoms with Crippen LogP contribution in [0.3, 0.4) is 0 Å². The van der Waals surface area contributed by atoms with Crippen LogP contribution in [0.2, 0.25) is 0 Å². The summed E-state index contributed by atoms with van der Waals surface area (Å²) in [6.45, 7) is 5.91. The molecular weight excluding hydrogens is 362 g/mol. The van der Waals surface area contributed by atoms with E-state index in [1.54, 1.807) is 12.4 Å². The average Bonchev–Trinajstić information content (AvgIpc) is 3.61. The standard InChI is InChI=1S/C23H31N5O/c1-17(18-4-5-18)13-23(29)28-11-7-20(8-12-28)19-3-2-9-27(10-6-19)22-16-25-21(14-24)15-26-22/h13,15-16,18-20H,2-12H2,1H3/b17-13+. The average molecular weight is 394 g/mol. The number of likely N-dealkylation sites (tertiary alicyclic amines) is 1. The van der Waals surface area contributed by atoms with Crippen LogP contribution in [0.1, 0.15) is 57.6 Å². The van der Waals surface area contributed by atoms with Crippen molar-refractivity contribution in [2.45, 2.75) is 51.9 Å². The maximum atomic E-state index is 12.5. The molecule has 1 unspecified atom stereocenters. The number of nitrogens with zero attached hydrogens (tertiary/aromatic N) is 5. The summed E-state index contributed by atoms with van der Waals surface area (Å²) in [5.41, 5.74) is 1.64. The Hall–Kier alpha value is -2.42. The van der Waals surface area contributed by atoms with Gasteiger partial charge < -0.3 is 9.80 Å². The van der Waals surface area contributed by atoms with Crippen LogP contribution in [0, 0.1) is 29.1 Å². The Labute approximate surface area is 173 Å². The Morgan fingerprint density at radius 3 is 2.41 bits per heavy atom. The SMILES string of the molecule is C/C(=C\C(=O)N1CCC(C2CCCN(c3cnc(C#N)cn3)CC2)CC1)C1CC1. The van der Waals surface area contributed by atoms with Crippen LogP contribution in [0.5, 0.6) is 0 Å². The fourth-order valence-electron chi connectivity index (χ4n) is 4.90. The number of anilines is 1. The first-order chi connectivity index (χ1) is 14.1. The minimum Gasteiger partial charge on any atom is -0.355 e. The van der Waals surface area contributed by atoms with Crippen molar-refractivity contribution in [1.29, 1.82) is 5.26 Å². The van der Waals surface area contributed by atoms with Gasteiger partial charge in [-0.25, -0.2) is 9.97 Å². The number of carbonyl (C=O) groups excluding carboxylic acids is 1. The minimum atomic E-state index is 0.222. The minimum absolute atomic E-state index is 0.222. The van der Waals surface area contributed by atoms with Gasteiger partial charge in [0.1, 0.15) is 11.9 Å². The molecule has 3 aliphatic rings. The highest BCUT2D eigenvalue weighted by Crippen LogP contribution is 2.36. The predicted molar refractivity (Wildman–Crippen MR) is 112 cm³/mol.